The van der Waals surface area contributed by atoms with Crippen LogP contribution in [0.15, 0.2) is 75.7 Å². The fraction of sp³-hybridized carbons (Fsp3) is 0.185. The Labute approximate surface area is 229 Å². The lowest BCUT2D eigenvalue weighted by molar-refractivity contribution is -0.274. The molecule has 0 unspecified atom stereocenters. The fourth-order valence-electron chi connectivity index (χ4n) is 3.43. The molecule has 0 saturated carbocycles. The number of ether oxygens (including phenoxy) is 2. The summed E-state index contributed by atoms with van der Waals surface area (Å²) in [6.07, 6.45) is -3.53. The van der Waals surface area contributed by atoms with E-state index in [2.05, 4.69) is 30.6 Å². The van der Waals surface area contributed by atoms with Gasteiger partial charge in [-0.3, -0.25) is 5.43 Å². The molecule has 0 aliphatic rings. The lowest BCUT2D eigenvalue weighted by atomic mass is 10.1. The Bertz CT molecular complexity index is 1380. The van der Waals surface area contributed by atoms with Crippen molar-refractivity contribution in [3.05, 3.63) is 82.9 Å². The van der Waals surface area contributed by atoms with Gasteiger partial charge in [0, 0.05) is 11.3 Å². The number of nitrogens with one attached hydrogen (secondary N) is 2. The van der Waals surface area contributed by atoms with Gasteiger partial charge in [-0.2, -0.15) is 5.10 Å². The number of thiocarbonyl (C=S) groups is 1. The van der Waals surface area contributed by atoms with E-state index in [0.29, 0.717) is 22.1 Å². The zero-order valence-corrected chi connectivity index (χ0v) is 22.4. The first-order chi connectivity index (χ1) is 18.4. The normalized spacial score (nSPS) is 12.4. The number of nitrogens with zero attached hydrogens (tertiary/aromatic N) is 3. The molecule has 3 aromatic carbocycles. The first-order valence-electron chi connectivity index (χ1n) is 11.5. The Kier molecular flexibility index (Phi) is 9.61. The smallest absolute Gasteiger partial charge is 0.497 e. The minimum atomic E-state index is -4.75. The average Bonchev–Trinajstić information content (AvgIpc) is 2.89. The van der Waals surface area contributed by atoms with Crippen molar-refractivity contribution < 1.29 is 22.6 Å². The van der Waals surface area contributed by atoms with E-state index in [9.17, 15) is 13.2 Å². The summed E-state index contributed by atoms with van der Waals surface area (Å²) in [6, 6.07) is 16.1. The molecule has 0 spiro atoms. The average molecular weight is 557 g/mol. The molecule has 0 fully saturated rings. The molecule has 0 bridgehead atoms. The first kappa shape index (κ1) is 29.1. The molecule has 0 aliphatic carbocycles. The topological polar surface area (TPSA) is 106 Å². The number of amidine groups is 1. The Balaban J connectivity index is 1.58. The van der Waals surface area contributed by atoms with Crippen LogP contribution in [0.1, 0.15) is 29.2 Å². The predicted molar refractivity (Wildman–Crippen MR) is 152 cm³/mol. The molecule has 0 saturated heterocycles. The van der Waals surface area contributed by atoms with Gasteiger partial charge in [-0.1, -0.05) is 24.3 Å². The molecule has 204 valence electrons. The molecule has 3 rings (SSSR count). The maximum atomic E-state index is 12.2. The fourth-order valence-corrected chi connectivity index (χ4v) is 3.58. The molecule has 8 nitrogen and oxygen atoms in total. The third kappa shape index (κ3) is 8.82. The SMILES string of the molecule is COc1cc(C)c(NC(=S)N/N=C(\C)c2ccc(C(N)=NC=Nc3ccc(OC(F)(F)F)cc3)cc2)c(C)c1. The van der Waals surface area contributed by atoms with Gasteiger partial charge in [0.15, 0.2) is 5.11 Å². The summed E-state index contributed by atoms with van der Waals surface area (Å²) in [5.41, 5.74) is 14.3. The highest BCUT2D eigenvalue weighted by Crippen LogP contribution is 2.26. The van der Waals surface area contributed by atoms with Crippen molar-refractivity contribution in [2.75, 3.05) is 12.4 Å². The summed E-state index contributed by atoms with van der Waals surface area (Å²) in [6.45, 7) is 5.77. The van der Waals surface area contributed by atoms with Crippen LogP contribution < -0.4 is 25.9 Å². The van der Waals surface area contributed by atoms with Crippen LogP contribution >= 0.6 is 12.2 Å². The van der Waals surface area contributed by atoms with Crippen molar-refractivity contribution in [2.24, 2.45) is 20.8 Å². The van der Waals surface area contributed by atoms with E-state index in [-0.39, 0.29) is 11.6 Å². The summed E-state index contributed by atoms with van der Waals surface area (Å²) < 4.78 is 45.9. The van der Waals surface area contributed by atoms with Crippen molar-refractivity contribution in [2.45, 2.75) is 27.1 Å². The highest BCUT2D eigenvalue weighted by atomic mass is 32.1. The number of methoxy groups -OCH3 is 1. The summed E-state index contributed by atoms with van der Waals surface area (Å²) in [5.74, 6) is 0.655. The van der Waals surface area contributed by atoms with Crippen molar-refractivity contribution in [1.29, 1.82) is 0 Å². The Hall–Kier alpha value is -4.45. The van der Waals surface area contributed by atoms with Crippen LogP contribution in [0.5, 0.6) is 11.5 Å². The van der Waals surface area contributed by atoms with Crippen LogP contribution in [0.4, 0.5) is 24.5 Å². The highest BCUT2D eigenvalue weighted by molar-refractivity contribution is 7.80. The Morgan fingerprint density at radius 3 is 2.10 bits per heavy atom. The van der Waals surface area contributed by atoms with Gasteiger partial charge >= 0.3 is 6.36 Å². The molecule has 0 heterocycles. The molecular formula is C27H27F3N6O2S. The monoisotopic (exact) mass is 556 g/mol. The van der Waals surface area contributed by atoms with Crippen LogP contribution in [-0.2, 0) is 0 Å². The van der Waals surface area contributed by atoms with E-state index in [1.54, 1.807) is 19.2 Å². The van der Waals surface area contributed by atoms with Gasteiger partial charge < -0.3 is 20.5 Å². The van der Waals surface area contributed by atoms with E-state index in [4.69, 9.17) is 22.7 Å². The molecule has 12 heteroatoms. The van der Waals surface area contributed by atoms with E-state index in [0.717, 1.165) is 40.3 Å². The van der Waals surface area contributed by atoms with Crippen LogP contribution in [0.3, 0.4) is 0 Å². The molecule has 0 radical (unpaired) electrons. The number of aryl methyl sites for hydroxylation is 2. The molecule has 4 N–H and O–H groups in total. The number of hydrazone groups is 1. The number of rotatable bonds is 8. The minimum Gasteiger partial charge on any atom is -0.497 e. The van der Waals surface area contributed by atoms with Crippen LogP contribution in [0.2, 0.25) is 0 Å². The van der Waals surface area contributed by atoms with Gasteiger partial charge in [-0.25, -0.2) is 9.98 Å². The van der Waals surface area contributed by atoms with Crippen molar-refractivity contribution in [1.82, 2.24) is 5.43 Å². The van der Waals surface area contributed by atoms with Crippen molar-refractivity contribution in [3.63, 3.8) is 0 Å². The number of benzene rings is 3. The van der Waals surface area contributed by atoms with Gasteiger partial charge in [0.05, 0.1) is 18.5 Å². The van der Waals surface area contributed by atoms with Crippen molar-refractivity contribution >= 4 is 46.6 Å². The number of anilines is 1. The minimum absolute atomic E-state index is 0.214. The number of alkyl halides is 3. The lowest BCUT2D eigenvalue weighted by Crippen LogP contribution is -2.25. The maximum Gasteiger partial charge on any atom is 0.573 e. The summed E-state index contributed by atoms with van der Waals surface area (Å²) in [4.78, 5) is 8.15. The molecule has 0 atom stereocenters. The van der Waals surface area contributed by atoms with Gasteiger partial charge in [-0.15, -0.1) is 13.2 Å². The van der Waals surface area contributed by atoms with Crippen LogP contribution in [0, 0.1) is 13.8 Å². The Morgan fingerprint density at radius 1 is 0.949 bits per heavy atom. The zero-order chi connectivity index (χ0) is 28.6. The Morgan fingerprint density at radius 2 is 1.54 bits per heavy atom. The maximum absolute atomic E-state index is 12.2. The second-order valence-electron chi connectivity index (χ2n) is 8.28. The van der Waals surface area contributed by atoms with Crippen LogP contribution in [-0.4, -0.2) is 36.5 Å². The standard InChI is InChI=1S/C27H27F3N6O2S/c1-16-13-23(37-4)14-17(2)24(16)34-26(39)36-35-18(3)19-5-7-20(8-6-19)25(31)33-15-32-21-9-11-22(12-10-21)38-27(28,29)30/h5-15H,1-4H3,(H2,31,32,33)(H2,34,36,39)/b35-18+. The zero-order valence-electron chi connectivity index (χ0n) is 21.6. The number of hydrogen-bond acceptors (Lipinski definition) is 5. The van der Waals surface area contributed by atoms with E-state index < -0.39 is 6.36 Å². The number of aliphatic imine (C=N–C) groups is 2. The third-order valence-electron chi connectivity index (χ3n) is 5.38. The largest absolute Gasteiger partial charge is 0.573 e. The number of hydrogen-bond donors (Lipinski definition) is 3. The quantitative estimate of drug-likeness (QED) is 0.136. The molecule has 39 heavy (non-hydrogen) atoms. The second kappa shape index (κ2) is 12.9. The van der Waals surface area contributed by atoms with E-state index in [1.807, 2.05) is 45.0 Å². The van der Waals surface area contributed by atoms with Crippen LogP contribution in [0.25, 0.3) is 0 Å². The summed E-state index contributed by atoms with van der Waals surface area (Å²) in [7, 11) is 1.62. The van der Waals surface area contributed by atoms with E-state index >= 15 is 0 Å². The molecular weight excluding hydrogens is 529 g/mol. The van der Waals surface area contributed by atoms with Gasteiger partial charge in [-0.05, 0) is 86.1 Å². The van der Waals surface area contributed by atoms with Gasteiger partial charge in [0.2, 0.25) is 0 Å². The predicted octanol–water partition coefficient (Wildman–Crippen LogP) is 5.99. The summed E-state index contributed by atoms with van der Waals surface area (Å²) >= 11 is 5.39. The molecule has 0 aliphatic heterocycles. The third-order valence-corrected chi connectivity index (χ3v) is 5.57. The second-order valence-corrected chi connectivity index (χ2v) is 8.69. The van der Waals surface area contributed by atoms with E-state index in [1.165, 1.54) is 18.5 Å². The van der Waals surface area contributed by atoms with Gasteiger partial charge in [0.1, 0.15) is 23.7 Å². The van der Waals surface area contributed by atoms with Gasteiger partial charge in [0.25, 0.3) is 0 Å². The summed E-state index contributed by atoms with van der Waals surface area (Å²) in [5, 5.41) is 7.86. The molecule has 0 aromatic heterocycles. The first-order valence-corrected chi connectivity index (χ1v) is 11.9. The molecule has 0 amide bonds. The number of halogens is 3. The lowest BCUT2D eigenvalue weighted by Gasteiger charge is -2.15. The van der Waals surface area contributed by atoms with Crippen molar-refractivity contribution in [3.8, 4) is 11.5 Å². The highest BCUT2D eigenvalue weighted by Gasteiger charge is 2.30. The molecule has 3 aromatic rings. The number of nitrogens with two attached hydrogens (primary N) is 1.